The van der Waals surface area contributed by atoms with E-state index in [0.717, 1.165) is 67.0 Å². The third kappa shape index (κ3) is 5.44. The number of ether oxygens (including phenoxy) is 1. The molecule has 3 rings (SSSR count). The molecule has 5 heteroatoms. The van der Waals surface area contributed by atoms with Crippen molar-refractivity contribution in [3.05, 3.63) is 58.7 Å². The van der Waals surface area contributed by atoms with Crippen LogP contribution in [0.15, 0.2) is 36.4 Å². The van der Waals surface area contributed by atoms with Crippen molar-refractivity contribution in [3.63, 3.8) is 0 Å². The molecule has 2 N–H and O–H groups in total. The predicted molar refractivity (Wildman–Crippen MR) is 132 cm³/mol. The highest BCUT2D eigenvalue weighted by Gasteiger charge is 2.37. The zero-order valence-electron chi connectivity index (χ0n) is 20.6. The maximum absolute atomic E-state index is 13.4. The number of likely N-dealkylation sites (N-methyl/N-ethyl adjacent to an activating group) is 1. The molecule has 1 aliphatic heterocycles. The van der Waals surface area contributed by atoms with Gasteiger partial charge in [-0.2, -0.15) is 0 Å². The molecule has 0 aliphatic carbocycles. The number of carbonyl (C=O) groups excluding carboxylic acids is 1. The van der Waals surface area contributed by atoms with Crippen LogP contribution in [0.1, 0.15) is 48.9 Å². The molecule has 0 atom stereocenters. The number of carbonyl (C=O) groups is 1. The van der Waals surface area contributed by atoms with E-state index in [9.17, 15) is 4.79 Å². The summed E-state index contributed by atoms with van der Waals surface area (Å²) in [6.07, 6.45) is 3.05. The molecule has 1 saturated heterocycles. The van der Waals surface area contributed by atoms with Crippen LogP contribution < -0.4 is 10.5 Å². The lowest BCUT2D eigenvalue weighted by Crippen LogP contribution is -2.53. The van der Waals surface area contributed by atoms with E-state index in [1.54, 1.807) is 0 Å². The molecule has 5 nitrogen and oxygen atoms in total. The first-order valence-electron chi connectivity index (χ1n) is 11.7. The number of nitrogen functional groups attached to an aromatic ring is 1. The molecule has 1 heterocycles. The molecule has 0 radical (unpaired) electrons. The minimum Gasteiger partial charge on any atom is -0.478 e. The number of rotatable bonds is 7. The van der Waals surface area contributed by atoms with E-state index in [4.69, 9.17) is 10.5 Å². The van der Waals surface area contributed by atoms with Gasteiger partial charge >= 0.3 is 0 Å². The van der Waals surface area contributed by atoms with Gasteiger partial charge in [0.2, 0.25) is 0 Å². The molecule has 2 aromatic carbocycles. The third-order valence-electron chi connectivity index (χ3n) is 6.97. The summed E-state index contributed by atoms with van der Waals surface area (Å²) in [5.41, 5.74) is 10.3. The van der Waals surface area contributed by atoms with Crippen molar-refractivity contribution in [2.45, 2.75) is 65.5 Å². The highest BCUT2D eigenvalue weighted by atomic mass is 16.5. The van der Waals surface area contributed by atoms with Crippen LogP contribution in [0.4, 0.5) is 5.69 Å². The second kappa shape index (κ2) is 9.95. The van der Waals surface area contributed by atoms with E-state index in [1.807, 2.05) is 52.6 Å². The topological polar surface area (TPSA) is 58.8 Å². The summed E-state index contributed by atoms with van der Waals surface area (Å²) in [7, 11) is 1.92. The van der Waals surface area contributed by atoms with Crippen molar-refractivity contribution in [2.24, 2.45) is 0 Å². The van der Waals surface area contributed by atoms with Crippen LogP contribution in [0.5, 0.6) is 5.75 Å². The maximum Gasteiger partial charge on any atom is 0.266 e. The van der Waals surface area contributed by atoms with Gasteiger partial charge in [-0.05, 0) is 82.2 Å². The Labute approximate surface area is 193 Å². The lowest BCUT2D eigenvalue weighted by atomic mass is 9.99. The average molecular weight is 438 g/mol. The summed E-state index contributed by atoms with van der Waals surface area (Å²) in [5, 5.41) is 0. The molecule has 1 fully saturated rings. The number of likely N-dealkylation sites (tertiary alicyclic amines) is 1. The quantitative estimate of drug-likeness (QED) is 0.647. The lowest BCUT2D eigenvalue weighted by Gasteiger charge is -2.39. The minimum absolute atomic E-state index is 0.0202. The average Bonchev–Trinajstić information content (AvgIpc) is 2.79. The summed E-state index contributed by atoms with van der Waals surface area (Å²) in [5.74, 6) is 0.753. The molecule has 1 aliphatic rings. The third-order valence-corrected chi connectivity index (χ3v) is 6.97. The standard InChI is InChI=1S/C27H39N3O2/c1-19-18-24(20(2)21(3)25(19)28)32-27(4,5)26(31)29(6)23-13-16-30(17-14-23)15-12-22-10-8-7-9-11-22/h7-11,18,23H,12-17,28H2,1-6H3. The predicted octanol–water partition coefficient (Wildman–Crippen LogP) is 4.52. The molecular formula is C27H39N3O2. The number of piperidine rings is 1. The van der Waals surface area contributed by atoms with Gasteiger partial charge in [-0.3, -0.25) is 4.79 Å². The SMILES string of the molecule is Cc1cc(OC(C)(C)C(=O)N(C)C2CCN(CCc3ccccc3)CC2)c(C)c(C)c1N. The Bertz CT molecular complexity index is 932. The molecule has 2 aromatic rings. The fourth-order valence-electron chi connectivity index (χ4n) is 4.54. The van der Waals surface area contributed by atoms with Crippen LogP contribution in [0.2, 0.25) is 0 Å². The van der Waals surface area contributed by atoms with Gasteiger partial charge in [-0.25, -0.2) is 0 Å². The first-order chi connectivity index (χ1) is 15.1. The smallest absolute Gasteiger partial charge is 0.266 e. The fourth-order valence-corrected chi connectivity index (χ4v) is 4.54. The van der Waals surface area contributed by atoms with E-state index in [-0.39, 0.29) is 11.9 Å². The van der Waals surface area contributed by atoms with Gasteiger partial charge in [0.15, 0.2) is 5.60 Å². The van der Waals surface area contributed by atoms with Gasteiger partial charge in [0.1, 0.15) is 5.75 Å². The van der Waals surface area contributed by atoms with E-state index in [1.165, 1.54) is 5.56 Å². The fraction of sp³-hybridized carbons (Fsp3) is 0.519. The Morgan fingerprint density at radius 2 is 1.75 bits per heavy atom. The largest absolute Gasteiger partial charge is 0.478 e. The number of nitrogens with zero attached hydrogens (tertiary/aromatic N) is 2. The molecule has 32 heavy (non-hydrogen) atoms. The number of amides is 1. The Morgan fingerprint density at radius 3 is 2.38 bits per heavy atom. The van der Waals surface area contributed by atoms with Crippen LogP contribution in [0.25, 0.3) is 0 Å². The van der Waals surface area contributed by atoms with Gasteiger partial charge in [-0.15, -0.1) is 0 Å². The first kappa shape index (κ1) is 24.1. The molecule has 174 valence electrons. The van der Waals surface area contributed by atoms with Crippen molar-refractivity contribution in [2.75, 3.05) is 32.4 Å². The van der Waals surface area contributed by atoms with Crippen molar-refractivity contribution in [1.82, 2.24) is 9.80 Å². The summed E-state index contributed by atoms with van der Waals surface area (Å²) in [4.78, 5) is 17.8. The molecule has 1 amide bonds. The van der Waals surface area contributed by atoms with E-state index >= 15 is 0 Å². The Kier molecular flexibility index (Phi) is 7.50. The molecule has 0 aromatic heterocycles. The number of aryl methyl sites for hydroxylation is 1. The summed E-state index contributed by atoms with van der Waals surface area (Å²) in [6.45, 7) is 12.8. The zero-order valence-corrected chi connectivity index (χ0v) is 20.6. The minimum atomic E-state index is -0.945. The zero-order chi connectivity index (χ0) is 23.5. The van der Waals surface area contributed by atoms with Crippen LogP contribution >= 0.6 is 0 Å². The highest BCUT2D eigenvalue weighted by Crippen LogP contribution is 2.32. The van der Waals surface area contributed by atoms with Crippen molar-refractivity contribution in [1.29, 1.82) is 0 Å². The Balaban J connectivity index is 1.57. The van der Waals surface area contributed by atoms with E-state index < -0.39 is 5.60 Å². The van der Waals surface area contributed by atoms with Gasteiger partial charge in [0, 0.05) is 38.4 Å². The maximum atomic E-state index is 13.4. The second-order valence-corrected chi connectivity index (χ2v) is 9.69. The van der Waals surface area contributed by atoms with Crippen LogP contribution in [0, 0.1) is 20.8 Å². The highest BCUT2D eigenvalue weighted by molar-refractivity contribution is 5.85. The second-order valence-electron chi connectivity index (χ2n) is 9.69. The van der Waals surface area contributed by atoms with Crippen LogP contribution in [-0.2, 0) is 11.2 Å². The molecular weight excluding hydrogens is 398 g/mol. The summed E-state index contributed by atoms with van der Waals surface area (Å²) in [6, 6.07) is 12.8. The summed E-state index contributed by atoms with van der Waals surface area (Å²) < 4.78 is 6.27. The molecule has 0 unspecified atom stereocenters. The number of nitrogens with two attached hydrogens (primary N) is 1. The molecule has 0 saturated carbocycles. The Hall–Kier alpha value is -2.53. The number of hydrogen-bond donors (Lipinski definition) is 1. The normalized spacial score (nSPS) is 15.6. The van der Waals surface area contributed by atoms with Crippen molar-refractivity contribution in [3.8, 4) is 5.75 Å². The van der Waals surface area contributed by atoms with E-state index in [2.05, 4.69) is 35.2 Å². The van der Waals surface area contributed by atoms with Crippen molar-refractivity contribution >= 4 is 11.6 Å². The van der Waals surface area contributed by atoms with Crippen molar-refractivity contribution < 1.29 is 9.53 Å². The first-order valence-corrected chi connectivity index (χ1v) is 11.7. The number of benzene rings is 2. The van der Waals surface area contributed by atoms with Crippen LogP contribution in [-0.4, -0.2) is 54.0 Å². The van der Waals surface area contributed by atoms with Gasteiger partial charge in [-0.1, -0.05) is 30.3 Å². The van der Waals surface area contributed by atoms with Gasteiger partial charge in [0.05, 0.1) is 0 Å². The monoisotopic (exact) mass is 437 g/mol. The molecule has 0 bridgehead atoms. The lowest BCUT2D eigenvalue weighted by molar-refractivity contribution is -0.147. The molecule has 0 spiro atoms. The number of anilines is 1. The van der Waals surface area contributed by atoms with Gasteiger partial charge in [0.25, 0.3) is 5.91 Å². The van der Waals surface area contributed by atoms with E-state index in [0.29, 0.717) is 0 Å². The number of hydrogen-bond acceptors (Lipinski definition) is 4. The Morgan fingerprint density at radius 1 is 1.12 bits per heavy atom. The van der Waals surface area contributed by atoms with Gasteiger partial charge < -0.3 is 20.3 Å². The van der Waals surface area contributed by atoms with Crippen LogP contribution in [0.3, 0.4) is 0 Å². The summed E-state index contributed by atoms with van der Waals surface area (Å²) >= 11 is 0.